The Morgan fingerprint density at radius 3 is 2.89 bits per heavy atom. The fourth-order valence-corrected chi connectivity index (χ4v) is 1.58. The number of aromatic nitrogens is 2. The number of aryl methyl sites for hydroxylation is 1. The molecule has 90 valence electrons. The lowest BCUT2D eigenvalue weighted by molar-refractivity contribution is 0.986. The van der Waals surface area contributed by atoms with E-state index in [0.717, 1.165) is 24.5 Å². The second-order valence-corrected chi connectivity index (χ2v) is 4.00. The highest BCUT2D eigenvalue weighted by Crippen LogP contribution is 2.05. The van der Waals surface area contributed by atoms with Gasteiger partial charge in [-0.1, -0.05) is 12.1 Å². The Morgan fingerprint density at radius 1 is 1.28 bits per heavy atom. The molecule has 2 rings (SSSR count). The van der Waals surface area contributed by atoms with Gasteiger partial charge in [0.25, 0.3) is 0 Å². The first-order valence-corrected chi connectivity index (χ1v) is 5.80. The number of nitrogens with one attached hydrogen (secondary N) is 1. The summed E-state index contributed by atoms with van der Waals surface area (Å²) in [5.41, 5.74) is 2.64. The van der Waals surface area contributed by atoms with Crippen molar-refractivity contribution in [3.63, 3.8) is 0 Å². The first kappa shape index (κ1) is 12.1. The van der Waals surface area contributed by atoms with Gasteiger partial charge >= 0.3 is 0 Å². The highest BCUT2D eigenvalue weighted by atomic mass is 15.0. The van der Waals surface area contributed by atoms with Gasteiger partial charge in [0.15, 0.2) is 0 Å². The zero-order valence-electron chi connectivity index (χ0n) is 10.2. The van der Waals surface area contributed by atoms with Crippen molar-refractivity contribution in [1.29, 1.82) is 5.26 Å². The van der Waals surface area contributed by atoms with E-state index in [9.17, 15) is 0 Å². The van der Waals surface area contributed by atoms with E-state index >= 15 is 0 Å². The highest BCUT2D eigenvalue weighted by molar-refractivity contribution is 5.38. The van der Waals surface area contributed by atoms with Crippen molar-refractivity contribution in [2.75, 3.05) is 11.9 Å². The Balaban J connectivity index is 1.88. The molecule has 0 fully saturated rings. The van der Waals surface area contributed by atoms with Crippen LogP contribution in [0.2, 0.25) is 0 Å². The van der Waals surface area contributed by atoms with Gasteiger partial charge in [0, 0.05) is 18.4 Å². The monoisotopic (exact) mass is 238 g/mol. The Bertz CT molecular complexity index is 555. The molecule has 2 aromatic rings. The summed E-state index contributed by atoms with van der Waals surface area (Å²) in [6.45, 7) is 2.74. The molecule has 0 saturated carbocycles. The topological polar surface area (TPSA) is 61.6 Å². The maximum Gasteiger partial charge on any atom is 0.142 e. The molecule has 2 heterocycles. The summed E-state index contributed by atoms with van der Waals surface area (Å²) >= 11 is 0. The highest BCUT2D eigenvalue weighted by Gasteiger charge is 1.97. The second kappa shape index (κ2) is 5.78. The van der Waals surface area contributed by atoms with E-state index in [0.29, 0.717) is 5.69 Å². The van der Waals surface area contributed by atoms with Crippen LogP contribution in [0.1, 0.15) is 17.0 Å². The molecule has 18 heavy (non-hydrogen) atoms. The average molecular weight is 238 g/mol. The minimum atomic E-state index is 0.428. The zero-order valence-corrected chi connectivity index (χ0v) is 10.2. The summed E-state index contributed by atoms with van der Waals surface area (Å²) in [6.07, 6.45) is 2.77. The third-order valence-electron chi connectivity index (χ3n) is 2.56. The van der Waals surface area contributed by atoms with Crippen LogP contribution in [-0.2, 0) is 6.42 Å². The third-order valence-corrected chi connectivity index (χ3v) is 2.56. The van der Waals surface area contributed by atoms with E-state index in [1.54, 1.807) is 6.07 Å². The standard InChI is InChI=1S/C14H14N4/c1-11-5-6-12(10-17-11)7-8-16-14-4-2-3-13(9-15)18-14/h2-6,10H,7-8H2,1H3,(H,16,18). The Hall–Kier alpha value is -2.41. The summed E-state index contributed by atoms with van der Waals surface area (Å²) in [4.78, 5) is 8.39. The van der Waals surface area contributed by atoms with E-state index in [2.05, 4.69) is 21.4 Å². The number of hydrogen-bond donors (Lipinski definition) is 1. The largest absolute Gasteiger partial charge is 0.370 e. The van der Waals surface area contributed by atoms with Crippen LogP contribution >= 0.6 is 0 Å². The van der Waals surface area contributed by atoms with Crippen LogP contribution in [0.4, 0.5) is 5.82 Å². The van der Waals surface area contributed by atoms with Gasteiger partial charge in [0.05, 0.1) is 0 Å². The number of rotatable bonds is 4. The summed E-state index contributed by atoms with van der Waals surface area (Å²) in [5.74, 6) is 0.731. The summed E-state index contributed by atoms with van der Waals surface area (Å²) < 4.78 is 0. The number of pyridine rings is 2. The number of nitriles is 1. The first-order chi connectivity index (χ1) is 8.78. The third kappa shape index (κ3) is 3.29. The first-order valence-electron chi connectivity index (χ1n) is 5.80. The van der Waals surface area contributed by atoms with Gasteiger partial charge in [-0.3, -0.25) is 4.98 Å². The van der Waals surface area contributed by atoms with Crippen molar-refractivity contribution >= 4 is 5.82 Å². The van der Waals surface area contributed by atoms with Crippen molar-refractivity contribution < 1.29 is 0 Å². The molecule has 0 saturated heterocycles. The van der Waals surface area contributed by atoms with Crippen molar-refractivity contribution in [3.05, 3.63) is 53.5 Å². The molecule has 0 aliphatic heterocycles. The predicted octanol–water partition coefficient (Wildman–Crippen LogP) is 2.31. The molecule has 2 aromatic heterocycles. The molecule has 0 aliphatic rings. The van der Waals surface area contributed by atoms with Crippen molar-refractivity contribution in [3.8, 4) is 6.07 Å². The van der Waals surface area contributed by atoms with E-state index < -0.39 is 0 Å². The summed E-state index contributed by atoms with van der Waals surface area (Å²) in [7, 11) is 0. The van der Waals surface area contributed by atoms with E-state index in [4.69, 9.17) is 5.26 Å². The van der Waals surface area contributed by atoms with Gasteiger partial charge in [0.2, 0.25) is 0 Å². The number of nitrogens with zero attached hydrogens (tertiary/aromatic N) is 3. The molecular weight excluding hydrogens is 224 g/mol. The van der Waals surface area contributed by atoms with E-state index in [1.165, 1.54) is 5.56 Å². The lowest BCUT2D eigenvalue weighted by Crippen LogP contribution is -2.06. The Kier molecular flexibility index (Phi) is 3.87. The normalized spacial score (nSPS) is 9.78. The fraction of sp³-hybridized carbons (Fsp3) is 0.214. The van der Waals surface area contributed by atoms with Crippen molar-refractivity contribution in [2.45, 2.75) is 13.3 Å². The Labute approximate surface area is 106 Å². The SMILES string of the molecule is Cc1ccc(CCNc2cccc(C#N)n2)cn1. The van der Waals surface area contributed by atoms with Crippen LogP contribution in [-0.4, -0.2) is 16.5 Å². The van der Waals surface area contributed by atoms with Crippen LogP contribution in [0.15, 0.2) is 36.5 Å². The van der Waals surface area contributed by atoms with E-state index in [-0.39, 0.29) is 0 Å². The van der Waals surface area contributed by atoms with Gasteiger partial charge < -0.3 is 5.32 Å². The molecule has 0 bridgehead atoms. The predicted molar refractivity (Wildman–Crippen MR) is 70.1 cm³/mol. The summed E-state index contributed by atoms with van der Waals surface area (Å²) in [6, 6.07) is 11.5. The smallest absolute Gasteiger partial charge is 0.142 e. The van der Waals surface area contributed by atoms with Crippen LogP contribution in [0.3, 0.4) is 0 Å². The summed E-state index contributed by atoms with van der Waals surface area (Å²) in [5, 5.41) is 11.9. The maximum atomic E-state index is 8.74. The average Bonchev–Trinajstić information content (AvgIpc) is 2.41. The molecule has 0 unspecified atom stereocenters. The number of anilines is 1. The fourth-order valence-electron chi connectivity index (χ4n) is 1.58. The Morgan fingerprint density at radius 2 is 2.17 bits per heavy atom. The second-order valence-electron chi connectivity index (χ2n) is 4.00. The van der Waals surface area contributed by atoms with Gasteiger partial charge in [0.1, 0.15) is 17.6 Å². The van der Waals surface area contributed by atoms with Crippen molar-refractivity contribution in [2.24, 2.45) is 0 Å². The van der Waals surface area contributed by atoms with Crippen LogP contribution < -0.4 is 5.32 Å². The lowest BCUT2D eigenvalue weighted by Gasteiger charge is -2.05. The van der Waals surface area contributed by atoms with Crippen LogP contribution in [0.25, 0.3) is 0 Å². The molecule has 0 radical (unpaired) electrons. The maximum absolute atomic E-state index is 8.74. The molecular formula is C14H14N4. The van der Waals surface area contributed by atoms with Gasteiger partial charge in [-0.25, -0.2) is 4.98 Å². The molecule has 0 spiro atoms. The zero-order chi connectivity index (χ0) is 12.8. The molecule has 0 aliphatic carbocycles. The minimum Gasteiger partial charge on any atom is -0.370 e. The molecule has 4 heteroatoms. The molecule has 0 amide bonds. The lowest BCUT2D eigenvalue weighted by atomic mass is 10.2. The minimum absolute atomic E-state index is 0.428. The van der Waals surface area contributed by atoms with Gasteiger partial charge in [-0.15, -0.1) is 0 Å². The van der Waals surface area contributed by atoms with Crippen LogP contribution in [0.5, 0.6) is 0 Å². The quantitative estimate of drug-likeness (QED) is 0.887. The van der Waals surface area contributed by atoms with Crippen LogP contribution in [0, 0.1) is 18.3 Å². The molecule has 4 nitrogen and oxygen atoms in total. The van der Waals surface area contributed by atoms with Gasteiger partial charge in [-0.05, 0) is 37.1 Å². The molecule has 0 aromatic carbocycles. The van der Waals surface area contributed by atoms with Gasteiger partial charge in [-0.2, -0.15) is 5.26 Å². The van der Waals surface area contributed by atoms with Crippen molar-refractivity contribution in [1.82, 2.24) is 9.97 Å². The molecule has 0 atom stereocenters. The number of hydrogen-bond acceptors (Lipinski definition) is 4. The molecule has 1 N–H and O–H groups in total. The van der Waals surface area contributed by atoms with E-state index in [1.807, 2.05) is 37.4 Å².